The third-order valence-corrected chi connectivity index (χ3v) is 4.96. The van der Waals surface area contributed by atoms with Crippen molar-refractivity contribution >= 4 is 5.82 Å². The molecule has 2 aromatic carbocycles. The van der Waals surface area contributed by atoms with Crippen molar-refractivity contribution < 1.29 is 14.2 Å². The number of nitrogens with two attached hydrogens (primary N) is 1. The number of aromatic nitrogens is 1. The number of hydrogen-bond donors (Lipinski definition) is 1. The van der Waals surface area contributed by atoms with Crippen molar-refractivity contribution in [3.8, 4) is 45.7 Å². The summed E-state index contributed by atoms with van der Waals surface area (Å²) in [7, 11) is 4.64. The molecule has 3 rings (SSSR count). The topological polar surface area (TPSA) is 90.4 Å². The lowest BCUT2D eigenvalue weighted by Gasteiger charge is -2.17. The molecule has 3 aromatic rings. The van der Waals surface area contributed by atoms with Crippen LogP contribution in [0.15, 0.2) is 36.4 Å². The van der Waals surface area contributed by atoms with Crippen LogP contribution in [-0.4, -0.2) is 26.3 Å². The Kier molecular flexibility index (Phi) is 5.60. The highest BCUT2D eigenvalue weighted by molar-refractivity contribution is 5.85. The predicted octanol–water partition coefficient (Wildman–Crippen LogP) is 4.51. The Balaban J connectivity index is 2.31. The van der Waals surface area contributed by atoms with Gasteiger partial charge in [-0.1, -0.05) is 12.1 Å². The number of aryl methyl sites for hydroxylation is 2. The summed E-state index contributed by atoms with van der Waals surface area (Å²) < 4.78 is 16.5. The second-order valence-electron chi connectivity index (χ2n) is 6.61. The summed E-state index contributed by atoms with van der Waals surface area (Å²) in [5.41, 5.74) is 11.7. The number of pyridine rings is 1. The fraction of sp³-hybridized carbons (Fsp3) is 0.217. The molecule has 0 amide bonds. The van der Waals surface area contributed by atoms with Crippen molar-refractivity contribution in [3.63, 3.8) is 0 Å². The van der Waals surface area contributed by atoms with E-state index in [4.69, 9.17) is 19.9 Å². The lowest BCUT2D eigenvalue weighted by atomic mass is 9.96. The normalized spacial score (nSPS) is 10.3. The van der Waals surface area contributed by atoms with Crippen LogP contribution in [0.5, 0.6) is 17.2 Å². The largest absolute Gasteiger partial charge is 0.493 e. The minimum atomic E-state index is 0.162. The summed E-state index contributed by atoms with van der Waals surface area (Å²) in [4.78, 5) is 4.46. The van der Waals surface area contributed by atoms with Gasteiger partial charge in [0.25, 0.3) is 0 Å². The van der Waals surface area contributed by atoms with Gasteiger partial charge in [-0.05, 0) is 49.2 Å². The summed E-state index contributed by atoms with van der Waals surface area (Å²) in [5.74, 6) is 1.59. The number of hydrogen-bond acceptors (Lipinski definition) is 6. The van der Waals surface area contributed by atoms with Gasteiger partial charge in [0.2, 0.25) is 5.75 Å². The molecule has 2 N–H and O–H groups in total. The van der Waals surface area contributed by atoms with E-state index in [-0.39, 0.29) is 11.4 Å². The Morgan fingerprint density at radius 1 is 0.862 bits per heavy atom. The van der Waals surface area contributed by atoms with E-state index in [0.717, 1.165) is 11.1 Å². The third kappa shape index (κ3) is 3.55. The van der Waals surface area contributed by atoms with Gasteiger partial charge in [0.1, 0.15) is 17.5 Å². The molecule has 0 aliphatic heterocycles. The van der Waals surface area contributed by atoms with Gasteiger partial charge >= 0.3 is 0 Å². The number of anilines is 1. The smallest absolute Gasteiger partial charge is 0.203 e. The number of nitriles is 1. The van der Waals surface area contributed by atoms with Crippen molar-refractivity contribution in [2.24, 2.45) is 0 Å². The van der Waals surface area contributed by atoms with E-state index < -0.39 is 0 Å². The van der Waals surface area contributed by atoms with E-state index in [0.29, 0.717) is 34.1 Å². The van der Waals surface area contributed by atoms with Crippen LogP contribution < -0.4 is 19.9 Å². The maximum absolute atomic E-state index is 9.73. The van der Waals surface area contributed by atoms with Gasteiger partial charge in [-0.3, -0.25) is 0 Å². The van der Waals surface area contributed by atoms with Gasteiger partial charge in [-0.15, -0.1) is 0 Å². The van der Waals surface area contributed by atoms with Gasteiger partial charge in [0.15, 0.2) is 11.5 Å². The molecule has 0 saturated carbocycles. The van der Waals surface area contributed by atoms with Crippen LogP contribution in [-0.2, 0) is 0 Å². The summed E-state index contributed by atoms with van der Waals surface area (Å²) in [5, 5.41) is 9.73. The van der Waals surface area contributed by atoms with Gasteiger partial charge in [-0.25, -0.2) is 4.98 Å². The van der Waals surface area contributed by atoms with E-state index in [9.17, 15) is 5.26 Å². The number of rotatable bonds is 5. The zero-order chi connectivity index (χ0) is 21.1. The standard InChI is InChI=1S/C23H23N3O3/c1-13-6-7-15(10-14(13)2)19-11-17(18(12-24)23(25)26-19)16-8-9-20(27-3)22(29-5)21(16)28-4/h6-11H,1-5H3,(H2,25,26). The second-order valence-corrected chi connectivity index (χ2v) is 6.61. The quantitative estimate of drug-likeness (QED) is 0.690. The second kappa shape index (κ2) is 8.11. The molecule has 0 unspecified atom stereocenters. The molecule has 0 aliphatic rings. The van der Waals surface area contributed by atoms with Gasteiger partial charge in [-0.2, -0.15) is 5.26 Å². The molecule has 0 atom stereocenters. The SMILES string of the molecule is COc1ccc(-c2cc(-c3ccc(C)c(C)c3)nc(N)c2C#N)c(OC)c1OC. The number of methoxy groups -OCH3 is 3. The highest BCUT2D eigenvalue weighted by Crippen LogP contribution is 2.46. The van der Waals surface area contributed by atoms with Crippen molar-refractivity contribution in [2.45, 2.75) is 13.8 Å². The maximum Gasteiger partial charge on any atom is 0.203 e. The number of ether oxygens (including phenoxy) is 3. The first-order valence-electron chi connectivity index (χ1n) is 9.02. The molecule has 0 radical (unpaired) electrons. The molecule has 0 fully saturated rings. The molecule has 0 bridgehead atoms. The monoisotopic (exact) mass is 389 g/mol. The minimum absolute atomic E-state index is 0.162. The number of nitrogen functional groups attached to an aromatic ring is 1. The average Bonchev–Trinajstić information content (AvgIpc) is 2.73. The van der Waals surface area contributed by atoms with Crippen molar-refractivity contribution in [3.05, 3.63) is 53.1 Å². The van der Waals surface area contributed by atoms with E-state index in [1.165, 1.54) is 12.7 Å². The molecule has 6 nitrogen and oxygen atoms in total. The van der Waals surface area contributed by atoms with Gasteiger partial charge in [0.05, 0.1) is 27.0 Å². The van der Waals surface area contributed by atoms with Gasteiger partial charge < -0.3 is 19.9 Å². The maximum atomic E-state index is 9.73. The Labute approximate surface area is 170 Å². The van der Waals surface area contributed by atoms with Crippen LogP contribution in [0.25, 0.3) is 22.4 Å². The van der Waals surface area contributed by atoms with Crippen LogP contribution in [0.4, 0.5) is 5.82 Å². The fourth-order valence-corrected chi connectivity index (χ4v) is 3.26. The molecule has 148 valence electrons. The van der Waals surface area contributed by atoms with E-state index in [1.54, 1.807) is 20.3 Å². The number of benzene rings is 2. The Hall–Kier alpha value is -3.72. The average molecular weight is 389 g/mol. The minimum Gasteiger partial charge on any atom is -0.493 e. The summed E-state index contributed by atoms with van der Waals surface area (Å²) in [6.07, 6.45) is 0. The molecular formula is C23H23N3O3. The third-order valence-electron chi connectivity index (χ3n) is 4.96. The molecule has 1 heterocycles. The van der Waals surface area contributed by atoms with E-state index >= 15 is 0 Å². The van der Waals surface area contributed by atoms with E-state index in [2.05, 4.69) is 24.0 Å². The molecule has 29 heavy (non-hydrogen) atoms. The lowest BCUT2D eigenvalue weighted by molar-refractivity contribution is 0.325. The van der Waals surface area contributed by atoms with Crippen molar-refractivity contribution in [2.75, 3.05) is 27.1 Å². The highest BCUT2D eigenvalue weighted by atomic mass is 16.5. The van der Waals surface area contributed by atoms with Crippen LogP contribution in [0.3, 0.4) is 0 Å². The fourth-order valence-electron chi connectivity index (χ4n) is 3.26. The first kappa shape index (κ1) is 20.0. The van der Waals surface area contributed by atoms with Crippen LogP contribution >= 0.6 is 0 Å². The Morgan fingerprint density at radius 3 is 2.17 bits per heavy atom. The summed E-state index contributed by atoms with van der Waals surface area (Å²) in [6, 6.07) is 13.7. The first-order chi connectivity index (χ1) is 13.9. The van der Waals surface area contributed by atoms with Gasteiger partial charge in [0, 0.05) is 16.7 Å². The molecule has 0 saturated heterocycles. The first-order valence-corrected chi connectivity index (χ1v) is 9.02. The van der Waals surface area contributed by atoms with Crippen molar-refractivity contribution in [1.29, 1.82) is 5.26 Å². The van der Waals surface area contributed by atoms with Crippen LogP contribution in [0.2, 0.25) is 0 Å². The summed E-state index contributed by atoms with van der Waals surface area (Å²) in [6.45, 7) is 4.10. The van der Waals surface area contributed by atoms with Crippen LogP contribution in [0, 0.1) is 25.2 Å². The highest BCUT2D eigenvalue weighted by Gasteiger charge is 2.21. The lowest BCUT2D eigenvalue weighted by Crippen LogP contribution is -2.02. The molecule has 0 spiro atoms. The summed E-state index contributed by atoms with van der Waals surface area (Å²) >= 11 is 0. The van der Waals surface area contributed by atoms with Crippen molar-refractivity contribution in [1.82, 2.24) is 4.98 Å². The molecule has 6 heteroatoms. The zero-order valence-corrected chi connectivity index (χ0v) is 17.2. The molecular weight excluding hydrogens is 366 g/mol. The Morgan fingerprint density at radius 2 is 1.59 bits per heavy atom. The predicted molar refractivity (Wildman–Crippen MR) is 113 cm³/mol. The van der Waals surface area contributed by atoms with Crippen LogP contribution in [0.1, 0.15) is 16.7 Å². The zero-order valence-electron chi connectivity index (χ0n) is 17.2. The molecule has 0 aliphatic carbocycles. The number of nitrogens with zero attached hydrogens (tertiary/aromatic N) is 2. The Bertz CT molecular complexity index is 1120. The molecule has 1 aromatic heterocycles. The van der Waals surface area contributed by atoms with E-state index in [1.807, 2.05) is 31.2 Å².